The molecule has 10 nitrogen and oxygen atoms in total. The summed E-state index contributed by atoms with van der Waals surface area (Å²) in [4.78, 5) is 11.9. The van der Waals surface area contributed by atoms with Crippen LogP contribution in [0.15, 0.2) is 42.9 Å². The molecule has 0 spiro atoms. The minimum Gasteiger partial charge on any atom is -0.507 e. The Hall–Kier alpha value is -3.87. The SMILES string of the molecule is Cc1nn2ccc(OCCN3CCOCC3)cc2c1-c1nc(-c2c(O)cccc2F)c(-c2nc[nH]n2)s1. The van der Waals surface area contributed by atoms with Gasteiger partial charge < -0.3 is 14.6 Å². The number of aromatic nitrogens is 6. The summed E-state index contributed by atoms with van der Waals surface area (Å²) >= 11 is 1.31. The maximum atomic E-state index is 14.9. The molecule has 0 aliphatic carbocycles. The van der Waals surface area contributed by atoms with E-state index in [1.54, 1.807) is 4.52 Å². The van der Waals surface area contributed by atoms with Gasteiger partial charge in [0.2, 0.25) is 0 Å². The third-order valence-electron chi connectivity index (χ3n) is 6.25. The number of aryl methyl sites for hydroxylation is 1. The summed E-state index contributed by atoms with van der Waals surface area (Å²) in [5, 5.41) is 22.6. The number of hydrogen-bond acceptors (Lipinski definition) is 9. The smallest absolute Gasteiger partial charge is 0.193 e. The van der Waals surface area contributed by atoms with E-state index in [1.165, 1.54) is 35.9 Å². The summed E-state index contributed by atoms with van der Waals surface area (Å²) in [6, 6.07) is 7.98. The minimum absolute atomic E-state index is 0.00561. The Morgan fingerprint density at radius 2 is 2.08 bits per heavy atom. The van der Waals surface area contributed by atoms with Gasteiger partial charge in [-0.3, -0.25) is 10.00 Å². The number of hydrogen-bond donors (Lipinski definition) is 2. The van der Waals surface area contributed by atoms with E-state index in [1.807, 2.05) is 25.3 Å². The molecule has 0 unspecified atom stereocenters. The van der Waals surface area contributed by atoms with Crippen LogP contribution < -0.4 is 4.74 Å². The lowest BCUT2D eigenvalue weighted by Crippen LogP contribution is -2.38. The Kier molecular flexibility index (Phi) is 6.28. The summed E-state index contributed by atoms with van der Waals surface area (Å²) in [7, 11) is 0. The van der Waals surface area contributed by atoms with Gasteiger partial charge in [0.25, 0.3) is 0 Å². The molecule has 6 rings (SSSR count). The lowest BCUT2D eigenvalue weighted by molar-refractivity contribution is 0.0322. The number of fused-ring (bicyclic) bond motifs is 1. The van der Waals surface area contributed by atoms with Crippen LogP contribution in [0, 0.1) is 12.7 Å². The maximum absolute atomic E-state index is 14.9. The number of halogens is 1. The van der Waals surface area contributed by atoms with Gasteiger partial charge in [-0.25, -0.2) is 18.9 Å². The second-order valence-electron chi connectivity index (χ2n) is 8.61. The topological polar surface area (TPSA) is 114 Å². The van der Waals surface area contributed by atoms with Crippen molar-refractivity contribution in [3.05, 3.63) is 54.4 Å². The van der Waals surface area contributed by atoms with Crippen molar-refractivity contribution in [3.8, 4) is 44.0 Å². The number of aromatic hydroxyl groups is 1. The predicted octanol–water partition coefficient (Wildman–Crippen LogP) is 3.77. The van der Waals surface area contributed by atoms with Gasteiger partial charge in [0.05, 0.1) is 41.2 Å². The molecule has 0 bridgehead atoms. The Morgan fingerprint density at radius 3 is 2.86 bits per heavy atom. The van der Waals surface area contributed by atoms with Crippen molar-refractivity contribution in [1.29, 1.82) is 0 Å². The molecule has 0 saturated carbocycles. The molecule has 2 N–H and O–H groups in total. The van der Waals surface area contributed by atoms with E-state index >= 15 is 0 Å². The van der Waals surface area contributed by atoms with Crippen LogP contribution in [0.4, 0.5) is 4.39 Å². The minimum atomic E-state index is -0.582. The van der Waals surface area contributed by atoms with Crippen LogP contribution >= 0.6 is 11.3 Å². The highest BCUT2D eigenvalue weighted by Crippen LogP contribution is 2.44. The Labute approximate surface area is 215 Å². The van der Waals surface area contributed by atoms with Crippen molar-refractivity contribution < 1.29 is 19.0 Å². The molecule has 37 heavy (non-hydrogen) atoms. The second kappa shape index (κ2) is 9.88. The van der Waals surface area contributed by atoms with Crippen LogP contribution in [0.1, 0.15) is 5.69 Å². The molecule has 0 atom stereocenters. The number of ether oxygens (including phenoxy) is 2. The first-order valence-corrected chi connectivity index (χ1v) is 12.7. The average Bonchev–Trinajstić information content (AvgIpc) is 3.63. The third kappa shape index (κ3) is 4.54. The molecular weight excluding hydrogens is 497 g/mol. The number of phenolic OH excluding ortho intramolecular Hbond substituents is 1. The molecule has 5 aromatic rings. The highest BCUT2D eigenvalue weighted by atomic mass is 32.1. The number of aromatic amines is 1. The number of morpholine rings is 1. The number of rotatable bonds is 7. The summed E-state index contributed by atoms with van der Waals surface area (Å²) in [6.07, 6.45) is 3.30. The van der Waals surface area contributed by atoms with Gasteiger partial charge in [-0.2, -0.15) is 10.2 Å². The first-order chi connectivity index (χ1) is 18.1. The zero-order valence-corrected chi connectivity index (χ0v) is 20.8. The number of benzene rings is 1. The number of nitrogens with one attached hydrogen (secondary N) is 1. The Morgan fingerprint density at radius 1 is 1.22 bits per heavy atom. The van der Waals surface area contributed by atoms with Crippen LogP contribution in [0.2, 0.25) is 0 Å². The molecule has 1 aromatic carbocycles. The Balaban J connectivity index is 1.38. The molecule has 190 valence electrons. The lowest BCUT2D eigenvalue weighted by Gasteiger charge is -2.26. The van der Waals surface area contributed by atoms with Crippen molar-refractivity contribution >= 4 is 16.9 Å². The third-order valence-corrected chi connectivity index (χ3v) is 7.32. The lowest BCUT2D eigenvalue weighted by atomic mass is 10.1. The summed E-state index contributed by atoms with van der Waals surface area (Å²) < 4.78 is 28.1. The molecule has 1 aliphatic heterocycles. The second-order valence-corrected chi connectivity index (χ2v) is 9.61. The van der Waals surface area contributed by atoms with E-state index in [0.29, 0.717) is 22.3 Å². The monoisotopic (exact) mass is 521 g/mol. The van der Waals surface area contributed by atoms with Crippen molar-refractivity contribution in [2.75, 3.05) is 39.5 Å². The fourth-order valence-electron chi connectivity index (χ4n) is 4.43. The molecule has 0 amide bonds. The highest BCUT2D eigenvalue weighted by molar-refractivity contribution is 7.19. The normalized spacial score (nSPS) is 14.4. The molecule has 1 aliphatic rings. The fourth-order valence-corrected chi connectivity index (χ4v) is 5.55. The molecule has 4 aromatic heterocycles. The number of pyridine rings is 1. The average molecular weight is 522 g/mol. The van der Waals surface area contributed by atoms with E-state index in [9.17, 15) is 9.50 Å². The van der Waals surface area contributed by atoms with E-state index in [0.717, 1.165) is 55.4 Å². The highest BCUT2D eigenvalue weighted by Gasteiger charge is 2.25. The number of H-pyrrole nitrogens is 1. The number of thiazole rings is 1. The molecule has 5 heterocycles. The van der Waals surface area contributed by atoms with Gasteiger partial charge in [0.15, 0.2) is 5.82 Å². The molecule has 12 heteroatoms. The summed E-state index contributed by atoms with van der Waals surface area (Å²) in [6.45, 7) is 6.59. The van der Waals surface area contributed by atoms with Gasteiger partial charge in [0.1, 0.15) is 40.1 Å². The predicted molar refractivity (Wildman–Crippen MR) is 136 cm³/mol. The standard InChI is InChI=1S/C25H24FN7O3S/c1-15-20(18-13-16(5-6-33(18)31-15)36-12-9-32-7-10-35-11-8-32)25-29-22(21-17(26)3-2-4-19(21)34)23(37-25)24-27-14-28-30-24/h2-6,13-14,34H,7-12H2,1H3,(H,27,28,30). The molecule has 0 radical (unpaired) electrons. The van der Waals surface area contributed by atoms with Gasteiger partial charge in [-0.15, -0.1) is 11.3 Å². The molecule has 1 saturated heterocycles. The molecular formula is C25H24FN7O3S. The number of phenols is 1. The molecule has 1 fully saturated rings. The fraction of sp³-hybridized carbons (Fsp3) is 0.280. The van der Waals surface area contributed by atoms with Crippen LogP contribution in [-0.2, 0) is 4.74 Å². The van der Waals surface area contributed by atoms with Gasteiger partial charge in [-0.1, -0.05) is 6.07 Å². The van der Waals surface area contributed by atoms with Crippen molar-refractivity contribution in [1.82, 2.24) is 34.7 Å². The van der Waals surface area contributed by atoms with Crippen molar-refractivity contribution in [2.45, 2.75) is 6.92 Å². The first kappa shape index (κ1) is 23.5. The van der Waals surface area contributed by atoms with Crippen LogP contribution in [0.25, 0.3) is 38.0 Å². The zero-order valence-electron chi connectivity index (χ0n) is 20.0. The van der Waals surface area contributed by atoms with E-state index in [2.05, 4.69) is 25.2 Å². The van der Waals surface area contributed by atoms with E-state index < -0.39 is 5.82 Å². The van der Waals surface area contributed by atoms with E-state index in [-0.39, 0.29) is 17.0 Å². The maximum Gasteiger partial charge on any atom is 0.193 e. The Bertz CT molecular complexity index is 1520. The quantitative estimate of drug-likeness (QED) is 0.333. The van der Waals surface area contributed by atoms with Crippen LogP contribution in [-0.4, -0.2) is 79.2 Å². The number of nitrogens with zero attached hydrogens (tertiary/aromatic N) is 6. The van der Waals surface area contributed by atoms with Crippen molar-refractivity contribution in [2.24, 2.45) is 0 Å². The van der Waals surface area contributed by atoms with Crippen molar-refractivity contribution in [3.63, 3.8) is 0 Å². The zero-order chi connectivity index (χ0) is 25.4. The van der Waals surface area contributed by atoms with Crippen LogP contribution in [0.3, 0.4) is 0 Å². The van der Waals surface area contributed by atoms with Gasteiger partial charge >= 0.3 is 0 Å². The van der Waals surface area contributed by atoms with Gasteiger partial charge in [0, 0.05) is 31.9 Å². The van der Waals surface area contributed by atoms with Crippen LogP contribution in [0.5, 0.6) is 11.5 Å². The summed E-state index contributed by atoms with van der Waals surface area (Å²) in [5.74, 6) is 0.296. The van der Waals surface area contributed by atoms with Gasteiger partial charge in [-0.05, 0) is 25.1 Å². The summed E-state index contributed by atoms with van der Waals surface area (Å²) in [5.41, 5.74) is 2.63. The van der Waals surface area contributed by atoms with E-state index in [4.69, 9.17) is 14.5 Å². The largest absolute Gasteiger partial charge is 0.507 e. The first-order valence-electron chi connectivity index (χ1n) is 11.9.